The Hall–Kier alpha value is -3.55. The Morgan fingerprint density at radius 2 is 1.66 bits per heavy atom. The molecule has 3 aromatic rings. The average molecular weight is 523 g/mol. The number of ether oxygens (including phenoxy) is 3. The van der Waals surface area contributed by atoms with Crippen molar-refractivity contribution in [2.45, 2.75) is 78.6 Å². The van der Waals surface area contributed by atoms with Gasteiger partial charge in [0.2, 0.25) is 0 Å². The van der Waals surface area contributed by atoms with Crippen molar-refractivity contribution in [3.8, 4) is 22.9 Å². The van der Waals surface area contributed by atoms with Crippen molar-refractivity contribution in [1.29, 1.82) is 0 Å². The third-order valence-corrected chi connectivity index (χ3v) is 6.57. The van der Waals surface area contributed by atoms with Crippen LogP contribution < -0.4 is 19.5 Å². The lowest BCUT2D eigenvalue weighted by Gasteiger charge is -2.21. The van der Waals surface area contributed by atoms with Gasteiger partial charge in [0.15, 0.2) is 5.69 Å². The minimum atomic E-state index is -0.355. The predicted octanol–water partition coefficient (Wildman–Crippen LogP) is 6.88. The number of carbonyl (C=O) groups excluding carboxylic acids is 1. The number of benzene rings is 2. The van der Waals surface area contributed by atoms with E-state index in [0.29, 0.717) is 40.9 Å². The summed E-state index contributed by atoms with van der Waals surface area (Å²) in [6.45, 7) is 11.0. The molecule has 0 radical (unpaired) electrons. The highest BCUT2D eigenvalue weighted by Gasteiger charge is 2.22. The maximum atomic E-state index is 13.4. The highest BCUT2D eigenvalue weighted by atomic mass is 16.5. The molecule has 0 saturated carbocycles. The van der Waals surface area contributed by atoms with E-state index in [9.17, 15) is 4.79 Å². The number of unbranched alkanes of at least 4 members (excludes halogenated alkanes) is 5. The Morgan fingerprint density at radius 3 is 2.34 bits per heavy atom. The van der Waals surface area contributed by atoms with E-state index in [4.69, 9.17) is 14.2 Å². The van der Waals surface area contributed by atoms with E-state index in [-0.39, 0.29) is 17.0 Å². The van der Waals surface area contributed by atoms with Gasteiger partial charge in [0.05, 0.1) is 32.2 Å². The Labute approximate surface area is 226 Å². The number of methoxy groups -OCH3 is 2. The number of hydrogen-bond donors (Lipinski definition) is 1. The molecule has 1 heterocycles. The number of hydrogen-bond acceptors (Lipinski definition) is 6. The smallest absolute Gasteiger partial charge is 0.278 e. The van der Waals surface area contributed by atoms with E-state index >= 15 is 0 Å². The van der Waals surface area contributed by atoms with Crippen LogP contribution in [0.3, 0.4) is 0 Å². The van der Waals surface area contributed by atoms with Crippen molar-refractivity contribution in [3.63, 3.8) is 0 Å². The Balaban J connectivity index is 1.82. The summed E-state index contributed by atoms with van der Waals surface area (Å²) in [4.78, 5) is 13.4. The summed E-state index contributed by atoms with van der Waals surface area (Å²) in [5.41, 5.74) is 3.07. The van der Waals surface area contributed by atoms with Crippen molar-refractivity contribution in [2.24, 2.45) is 0 Å². The van der Waals surface area contributed by atoms with Crippen LogP contribution in [0.15, 0.2) is 36.4 Å². The molecule has 1 N–H and O–H groups in total. The molecule has 0 aliphatic rings. The van der Waals surface area contributed by atoms with Crippen LogP contribution in [0.1, 0.15) is 88.0 Å². The van der Waals surface area contributed by atoms with Crippen LogP contribution in [0.4, 0.5) is 5.69 Å². The van der Waals surface area contributed by atoms with Gasteiger partial charge in [0.1, 0.15) is 22.9 Å². The van der Waals surface area contributed by atoms with Gasteiger partial charge in [-0.05, 0) is 48.6 Å². The van der Waals surface area contributed by atoms with E-state index in [1.807, 2.05) is 12.1 Å². The third kappa shape index (κ3) is 7.27. The van der Waals surface area contributed by atoms with Crippen LogP contribution in [0.2, 0.25) is 0 Å². The Bertz CT molecular complexity index is 1210. The predicted molar refractivity (Wildman–Crippen MR) is 151 cm³/mol. The van der Waals surface area contributed by atoms with Crippen LogP contribution in [0.25, 0.3) is 5.69 Å². The summed E-state index contributed by atoms with van der Waals surface area (Å²) in [6, 6.07) is 11.4. The number of carbonyl (C=O) groups is 1. The molecule has 0 spiro atoms. The van der Waals surface area contributed by atoms with Gasteiger partial charge in [-0.1, -0.05) is 71.1 Å². The molecule has 0 aliphatic carbocycles. The van der Waals surface area contributed by atoms with Crippen molar-refractivity contribution >= 4 is 11.6 Å². The summed E-state index contributed by atoms with van der Waals surface area (Å²) in [7, 11) is 3.18. The molecule has 1 amide bonds. The lowest BCUT2D eigenvalue weighted by atomic mass is 9.87. The van der Waals surface area contributed by atoms with Gasteiger partial charge >= 0.3 is 0 Å². The van der Waals surface area contributed by atoms with Crippen molar-refractivity contribution < 1.29 is 19.0 Å². The van der Waals surface area contributed by atoms with Gasteiger partial charge in [-0.2, -0.15) is 0 Å². The first-order chi connectivity index (χ1) is 18.2. The van der Waals surface area contributed by atoms with Gasteiger partial charge in [-0.3, -0.25) is 4.79 Å². The zero-order valence-electron chi connectivity index (χ0n) is 23.9. The molecular formula is C30H42N4O4. The lowest BCUT2D eigenvalue weighted by molar-refractivity contribution is 0.102. The number of rotatable bonds is 13. The number of nitrogens with zero attached hydrogens (tertiary/aromatic N) is 3. The third-order valence-electron chi connectivity index (χ3n) is 6.57. The molecule has 8 nitrogen and oxygen atoms in total. The SMILES string of the molecule is CCCCCCCCOc1ccc(C(C)(C)C)cc1NC(=O)c1nnn(-c2cc(OC)ccc2OC)c1C. The maximum absolute atomic E-state index is 13.4. The number of nitrogens with one attached hydrogen (secondary N) is 1. The first-order valence-corrected chi connectivity index (χ1v) is 13.4. The number of amides is 1. The minimum absolute atomic E-state index is 0.0841. The minimum Gasteiger partial charge on any atom is -0.497 e. The largest absolute Gasteiger partial charge is 0.497 e. The summed E-state index contributed by atoms with van der Waals surface area (Å²) >= 11 is 0. The standard InChI is InChI=1S/C30H42N4O4/c1-8-9-10-11-12-13-18-38-26-16-14-22(30(3,4)5)19-24(26)31-29(35)28-21(2)34(33-32-28)25-20-23(36-6)15-17-27(25)37-7/h14-17,19-20H,8-13,18H2,1-7H3,(H,31,35). The van der Waals surface area contributed by atoms with Crippen LogP contribution >= 0.6 is 0 Å². The van der Waals surface area contributed by atoms with E-state index in [0.717, 1.165) is 18.4 Å². The van der Waals surface area contributed by atoms with Crippen LogP contribution in [-0.4, -0.2) is 41.7 Å². The molecule has 3 rings (SSSR count). The van der Waals surface area contributed by atoms with Gasteiger partial charge in [0.25, 0.3) is 5.91 Å². The fourth-order valence-corrected chi connectivity index (χ4v) is 4.20. The summed E-state index contributed by atoms with van der Waals surface area (Å²) in [5.74, 6) is 1.53. The van der Waals surface area contributed by atoms with Gasteiger partial charge in [-0.25, -0.2) is 4.68 Å². The molecule has 0 bridgehead atoms. The van der Waals surface area contributed by atoms with Gasteiger partial charge in [0, 0.05) is 6.07 Å². The summed E-state index contributed by atoms with van der Waals surface area (Å²) < 4.78 is 18.6. The molecule has 0 aliphatic heterocycles. The molecule has 2 aromatic carbocycles. The molecule has 0 unspecified atom stereocenters. The second kappa shape index (κ2) is 13.3. The second-order valence-electron chi connectivity index (χ2n) is 10.5. The van der Waals surface area contributed by atoms with Crippen molar-refractivity contribution in [3.05, 3.63) is 53.3 Å². The molecule has 8 heteroatoms. The lowest BCUT2D eigenvalue weighted by Crippen LogP contribution is -2.17. The molecule has 0 atom stereocenters. The quantitative estimate of drug-likeness (QED) is 0.246. The van der Waals surface area contributed by atoms with E-state index in [1.165, 1.54) is 25.7 Å². The molecule has 1 aromatic heterocycles. The molecular weight excluding hydrogens is 480 g/mol. The average Bonchev–Trinajstić information content (AvgIpc) is 3.28. The Morgan fingerprint density at radius 1 is 0.947 bits per heavy atom. The Kier molecular flexibility index (Phi) is 10.2. The van der Waals surface area contributed by atoms with E-state index < -0.39 is 0 Å². The van der Waals surface area contributed by atoms with Crippen LogP contribution in [0, 0.1) is 6.92 Å². The van der Waals surface area contributed by atoms with E-state index in [1.54, 1.807) is 44.0 Å². The van der Waals surface area contributed by atoms with E-state index in [2.05, 4.69) is 49.4 Å². The molecule has 38 heavy (non-hydrogen) atoms. The zero-order chi connectivity index (χ0) is 27.7. The maximum Gasteiger partial charge on any atom is 0.278 e. The van der Waals surface area contributed by atoms with Crippen molar-refractivity contribution in [1.82, 2.24) is 15.0 Å². The van der Waals surface area contributed by atoms with Crippen molar-refractivity contribution in [2.75, 3.05) is 26.1 Å². The number of aromatic nitrogens is 3. The summed E-state index contributed by atoms with van der Waals surface area (Å²) in [6.07, 6.45) is 7.11. The normalized spacial score (nSPS) is 11.3. The number of anilines is 1. The monoisotopic (exact) mass is 522 g/mol. The summed E-state index contributed by atoms with van der Waals surface area (Å²) in [5, 5.41) is 11.5. The molecule has 0 saturated heterocycles. The van der Waals surface area contributed by atoms with Gasteiger partial charge < -0.3 is 19.5 Å². The zero-order valence-corrected chi connectivity index (χ0v) is 23.9. The molecule has 206 valence electrons. The topological polar surface area (TPSA) is 87.5 Å². The second-order valence-corrected chi connectivity index (χ2v) is 10.5. The highest BCUT2D eigenvalue weighted by molar-refractivity contribution is 6.04. The fraction of sp³-hybridized carbons (Fsp3) is 0.500. The van der Waals surface area contributed by atoms with Crippen LogP contribution in [-0.2, 0) is 5.41 Å². The van der Waals surface area contributed by atoms with Crippen LogP contribution in [0.5, 0.6) is 17.2 Å². The molecule has 0 fully saturated rings. The highest BCUT2D eigenvalue weighted by Crippen LogP contribution is 2.33. The van der Waals surface area contributed by atoms with Gasteiger partial charge in [-0.15, -0.1) is 5.10 Å². The first kappa shape index (κ1) is 29.0. The fourth-order valence-electron chi connectivity index (χ4n) is 4.20. The first-order valence-electron chi connectivity index (χ1n) is 13.4.